The molecule has 3 heteroatoms. The molecule has 0 heterocycles. The van der Waals surface area contributed by atoms with Gasteiger partial charge in [-0.1, -0.05) is 36.8 Å². The fourth-order valence-electron chi connectivity index (χ4n) is 2.14. The lowest BCUT2D eigenvalue weighted by Crippen LogP contribution is -2.39. The summed E-state index contributed by atoms with van der Waals surface area (Å²) in [6.07, 6.45) is 3.67. The van der Waals surface area contributed by atoms with E-state index < -0.39 is 0 Å². The van der Waals surface area contributed by atoms with Gasteiger partial charge in [-0.05, 0) is 24.3 Å². The van der Waals surface area contributed by atoms with Gasteiger partial charge in [0.1, 0.15) is 0 Å². The fraction of sp³-hybridized carbons (Fsp3) is 0.462. The molecule has 0 radical (unpaired) electrons. The second-order valence-corrected chi connectivity index (χ2v) is 4.35. The summed E-state index contributed by atoms with van der Waals surface area (Å²) in [5, 5.41) is 3.02. The lowest BCUT2D eigenvalue weighted by Gasteiger charge is -2.34. The zero-order valence-corrected chi connectivity index (χ0v) is 9.36. The third-order valence-electron chi connectivity index (χ3n) is 3.28. The zero-order chi connectivity index (χ0) is 11.4. The number of rotatable bonds is 4. The third kappa shape index (κ3) is 2.42. The fourth-order valence-corrected chi connectivity index (χ4v) is 2.14. The maximum atomic E-state index is 11.4. The molecule has 1 saturated carbocycles. The molecule has 0 saturated heterocycles. The van der Waals surface area contributed by atoms with Crippen molar-refractivity contribution >= 4 is 5.91 Å². The van der Waals surface area contributed by atoms with Gasteiger partial charge in [0, 0.05) is 0 Å². The molecule has 1 aliphatic rings. The molecule has 1 aromatic carbocycles. The molecule has 1 aromatic rings. The Bertz CT molecular complexity index is 346. The quantitative estimate of drug-likeness (QED) is 0.806. The molecule has 0 spiro atoms. The molecule has 1 atom stereocenters. The van der Waals surface area contributed by atoms with Crippen molar-refractivity contribution in [2.45, 2.75) is 25.3 Å². The summed E-state index contributed by atoms with van der Waals surface area (Å²) in [7, 11) is 0. The van der Waals surface area contributed by atoms with Crippen molar-refractivity contribution in [1.82, 2.24) is 5.32 Å². The number of hydrogen-bond acceptors (Lipinski definition) is 2. The molecule has 1 aliphatic carbocycles. The van der Waals surface area contributed by atoms with Crippen molar-refractivity contribution in [2.75, 3.05) is 6.54 Å². The smallest absolute Gasteiger partial charge is 0.234 e. The van der Waals surface area contributed by atoms with E-state index in [0.717, 1.165) is 0 Å². The largest absolute Gasteiger partial charge is 0.348 e. The van der Waals surface area contributed by atoms with Crippen LogP contribution in [0.5, 0.6) is 0 Å². The molecule has 16 heavy (non-hydrogen) atoms. The van der Waals surface area contributed by atoms with Crippen molar-refractivity contribution in [1.29, 1.82) is 0 Å². The Labute approximate surface area is 96.0 Å². The van der Waals surface area contributed by atoms with Crippen molar-refractivity contribution in [3.63, 3.8) is 0 Å². The second-order valence-electron chi connectivity index (χ2n) is 4.35. The average molecular weight is 218 g/mol. The lowest BCUT2D eigenvalue weighted by atomic mass is 9.77. The van der Waals surface area contributed by atoms with Crippen molar-refractivity contribution in [3.8, 4) is 0 Å². The van der Waals surface area contributed by atoms with E-state index in [4.69, 9.17) is 5.73 Å². The molecule has 1 fully saturated rings. The maximum Gasteiger partial charge on any atom is 0.234 e. The van der Waals surface area contributed by atoms with Crippen molar-refractivity contribution < 1.29 is 4.79 Å². The van der Waals surface area contributed by atoms with Crippen LogP contribution in [0.15, 0.2) is 30.3 Å². The number of carbonyl (C=O) groups excluding carboxylic acids is 1. The van der Waals surface area contributed by atoms with E-state index >= 15 is 0 Å². The van der Waals surface area contributed by atoms with Crippen LogP contribution in [0.3, 0.4) is 0 Å². The van der Waals surface area contributed by atoms with Crippen LogP contribution in [0.2, 0.25) is 0 Å². The second kappa shape index (κ2) is 5.12. The molecule has 0 bridgehead atoms. The first kappa shape index (κ1) is 11.1. The van der Waals surface area contributed by atoms with Gasteiger partial charge in [0.15, 0.2) is 0 Å². The third-order valence-corrected chi connectivity index (χ3v) is 3.28. The van der Waals surface area contributed by atoms with E-state index in [1.165, 1.54) is 24.8 Å². The molecule has 1 unspecified atom stereocenters. The summed E-state index contributed by atoms with van der Waals surface area (Å²) in [5.41, 5.74) is 6.53. The summed E-state index contributed by atoms with van der Waals surface area (Å²) in [5.74, 6) is 0.513. The Balaban J connectivity index is 2.11. The van der Waals surface area contributed by atoms with Gasteiger partial charge in [-0.25, -0.2) is 0 Å². The molecular weight excluding hydrogens is 200 g/mol. The number of amides is 1. The monoisotopic (exact) mass is 218 g/mol. The van der Waals surface area contributed by atoms with Gasteiger partial charge in [0.2, 0.25) is 5.91 Å². The maximum absolute atomic E-state index is 11.4. The average Bonchev–Trinajstić information content (AvgIpc) is 2.27. The van der Waals surface area contributed by atoms with Crippen molar-refractivity contribution in [3.05, 3.63) is 35.9 Å². The van der Waals surface area contributed by atoms with Gasteiger partial charge in [-0.2, -0.15) is 0 Å². The Morgan fingerprint density at radius 1 is 1.38 bits per heavy atom. The minimum absolute atomic E-state index is 0.0655. The van der Waals surface area contributed by atoms with Crippen LogP contribution in [0.1, 0.15) is 30.9 Å². The number of nitrogens with two attached hydrogens (primary N) is 1. The molecule has 1 amide bonds. The zero-order valence-electron chi connectivity index (χ0n) is 9.36. The van der Waals surface area contributed by atoms with Gasteiger partial charge >= 0.3 is 0 Å². The van der Waals surface area contributed by atoms with E-state index in [1.807, 2.05) is 18.2 Å². The highest BCUT2D eigenvalue weighted by atomic mass is 16.1. The summed E-state index contributed by atoms with van der Waals surface area (Å²) >= 11 is 0. The van der Waals surface area contributed by atoms with E-state index in [0.29, 0.717) is 5.92 Å². The van der Waals surface area contributed by atoms with E-state index in [9.17, 15) is 4.79 Å². The lowest BCUT2D eigenvalue weighted by molar-refractivity contribution is -0.121. The SMILES string of the molecule is NCC(=O)NC(c1ccccc1)C1CCC1. The van der Waals surface area contributed by atoms with Gasteiger partial charge in [0.05, 0.1) is 12.6 Å². The van der Waals surface area contributed by atoms with Crippen molar-refractivity contribution in [2.24, 2.45) is 11.7 Å². The first-order valence-corrected chi connectivity index (χ1v) is 5.85. The molecule has 0 aromatic heterocycles. The minimum Gasteiger partial charge on any atom is -0.348 e. The van der Waals surface area contributed by atoms with E-state index in [1.54, 1.807) is 0 Å². The highest BCUT2D eigenvalue weighted by Gasteiger charge is 2.29. The summed E-state index contributed by atoms with van der Waals surface area (Å²) in [4.78, 5) is 11.4. The Hall–Kier alpha value is -1.35. The predicted octanol–water partition coefficient (Wildman–Crippen LogP) is 1.60. The van der Waals surface area contributed by atoms with Gasteiger partial charge < -0.3 is 11.1 Å². The van der Waals surface area contributed by atoms with Gasteiger partial charge in [0.25, 0.3) is 0 Å². The molecule has 2 rings (SSSR count). The Kier molecular flexibility index (Phi) is 3.57. The van der Waals surface area contributed by atoms with E-state index in [2.05, 4.69) is 17.4 Å². The number of nitrogens with one attached hydrogen (secondary N) is 1. The Morgan fingerprint density at radius 2 is 2.06 bits per heavy atom. The first-order valence-electron chi connectivity index (χ1n) is 5.85. The van der Waals surface area contributed by atoms with Crippen LogP contribution >= 0.6 is 0 Å². The number of hydrogen-bond donors (Lipinski definition) is 2. The van der Waals surface area contributed by atoms with Gasteiger partial charge in [-0.15, -0.1) is 0 Å². The topological polar surface area (TPSA) is 55.1 Å². The van der Waals surface area contributed by atoms with Crippen LogP contribution < -0.4 is 11.1 Å². The molecule has 86 valence electrons. The first-order chi connectivity index (χ1) is 7.81. The van der Waals surface area contributed by atoms with Gasteiger partial charge in [-0.3, -0.25) is 4.79 Å². The summed E-state index contributed by atoms with van der Waals surface area (Å²) < 4.78 is 0. The molecule has 3 N–H and O–H groups in total. The number of benzene rings is 1. The van der Waals surface area contributed by atoms with Crippen LogP contribution in [0, 0.1) is 5.92 Å². The molecular formula is C13H18N2O. The normalized spacial score (nSPS) is 17.6. The minimum atomic E-state index is -0.0687. The standard InChI is InChI=1S/C13H18N2O/c14-9-12(16)15-13(11-7-4-8-11)10-5-2-1-3-6-10/h1-3,5-6,11,13H,4,7-9,14H2,(H,15,16). The number of carbonyl (C=O) groups is 1. The van der Waals surface area contributed by atoms with Crippen LogP contribution in [0.4, 0.5) is 0 Å². The highest BCUT2D eigenvalue weighted by Crippen LogP contribution is 2.37. The Morgan fingerprint density at radius 3 is 2.56 bits per heavy atom. The predicted molar refractivity (Wildman–Crippen MR) is 63.7 cm³/mol. The summed E-state index contributed by atoms with van der Waals surface area (Å²) in [6.45, 7) is 0.0655. The van der Waals surface area contributed by atoms with Crippen LogP contribution in [-0.4, -0.2) is 12.5 Å². The molecule has 3 nitrogen and oxygen atoms in total. The van der Waals surface area contributed by atoms with Crippen LogP contribution in [-0.2, 0) is 4.79 Å². The van der Waals surface area contributed by atoms with E-state index in [-0.39, 0.29) is 18.5 Å². The molecule has 0 aliphatic heterocycles. The summed E-state index contributed by atoms with van der Waals surface area (Å²) in [6, 6.07) is 10.3. The highest BCUT2D eigenvalue weighted by molar-refractivity contribution is 5.78. The van der Waals surface area contributed by atoms with Crippen LogP contribution in [0.25, 0.3) is 0 Å².